The maximum Gasteiger partial charge on any atom is 0.373 e. The van der Waals surface area contributed by atoms with E-state index < -0.39 is 35.7 Å². The van der Waals surface area contributed by atoms with Crippen molar-refractivity contribution in [3.63, 3.8) is 0 Å². The molecule has 3 unspecified atom stereocenters. The molecule has 9 nitrogen and oxygen atoms in total. The lowest BCUT2D eigenvalue weighted by molar-refractivity contribution is -0.144. The molecule has 0 radical (unpaired) electrons. The highest BCUT2D eigenvalue weighted by Gasteiger charge is 2.52. The van der Waals surface area contributed by atoms with Crippen LogP contribution in [0.1, 0.15) is 25.3 Å². The van der Waals surface area contributed by atoms with Crippen LogP contribution < -0.4 is 0 Å². The number of aliphatic imine (C=N–C) groups is 1. The van der Waals surface area contributed by atoms with Gasteiger partial charge in [-0.2, -0.15) is 0 Å². The Bertz CT molecular complexity index is 1360. The van der Waals surface area contributed by atoms with Gasteiger partial charge in [-0.1, -0.05) is 36.4 Å². The van der Waals surface area contributed by atoms with Crippen LogP contribution in [0.15, 0.2) is 94.0 Å². The number of amides is 1. The van der Waals surface area contributed by atoms with E-state index in [1.807, 2.05) is 30.3 Å². The molecule has 1 aromatic rings. The summed E-state index contributed by atoms with van der Waals surface area (Å²) in [5, 5.41) is 9.69. The summed E-state index contributed by atoms with van der Waals surface area (Å²) in [7, 11) is 0. The van der Waals surface area contributed by atoms with E-state index in [0.29, 0.717) is 18.4 Å². The lowest BCUT2D eigenvalue weighted by Gasteiger charge is -2.44. The van der Waals surface area contributed by atoms with Crippen molar-refractivity contribution in [2.24, 2.45) is 10.9 Å². The molecule has 0 spiro atoms. The van der Waals surface area contributed by atoms with Crippen molar-refractivity contribution in [3.8, 4) is 0 Å². The number of ether oxygens (including phenoxy) is 3. The van der Waals surface area contributed by atoms with E-state index in [1.54, 1.807) is 19.2 Å². The molecule has 196 valence electrons. The summed E-state index contributed by atoms with van der Waals surface area (Å²) in [6.07, 6.45) is 8.03. The third-order valence-electron chi connectivity index (χ3n) is 6.57. The maximum atomic E-state index is 13.7. The van der Waals surface area contributed by atoms with E-state index in [2.05, 4.69) is 4.99 Å². The van der Waals surface area contributed by atoms with Crippen LogP contribution in [0.4, 0.5) is 4.39 Å². The number of hydrogen-bond donors (Lipinski definition) is 1. The smallest absolute Gasteiger partial charge is 0.373 e. The first-order chi connectivity index (χ1) is 18.4. The highest BCUT2D eigenvalue weighted by atomic mass is 19.1. The Morgan fingerprint density at radius 1 is 1.26 bits per heavy atom. The number of halogens is 1. The van der Waals surface area contributed by atoms with Crippen molar-refractivity contribution in [1.29, 1.82) is 0 Å². The Balaban J connectivity index is 1.57. The van der Waals surface area contributed by atoms with Gasteiger partial charge in [0, 0.05) is 11.8 Å². The van der Waals surface area contributed by atoms with E-state index in [1.165, 1.54) is 12.2 Å². The first kappa shape index (κ1) is 25.2. The van der Waals surface area contributed by atoms with E-state index in [0.717, 1.165) is 16.7 Å². The molecule has 0 fully saturated rings. The molecule has 1 aliphatic carbocycles. The second kappa shape index (κ2) is 10.5. The van der Waals surface area contributed by atoms with E-state index in [9.17, 15) is 23.9 Å². The number of carboxylic acids is 1. The summed E-state index contributed by atoms with van der Waals surface area (Å²) in [5.41, 5.74) is 1.04. The monoisotopic (exact) mass is 520 g/mol. The molecule has 1 amide bonds. The van der Waals surface area contributed by atoms with Gasteiger partial charge in [-0.05, 0) is 43.4 Å². The number of allylic oxidation sites excluding steroid dienone is 5. The Morgan fingerprint density at radius 2 is 2.05 bits per heavy atom. The van der Waals surface area contributed by atoms with Gasteiger partial charge in [-0.3, -0.25) is 14.7 Å². The lowest BCUT2D eigenvalue weighted by Crippen LogP contribution is -2.55. The topological polar surface area (TPSA) is 115 Å². The van der Waals surface area contributed by atoms with Crippen LogP contribution in [-0.4, -0.2) is 52.8 Å². The van der Waals surface area contributed by atoms with Crippen LogP contribution in [0.5, 0.6) is 0 Å². The van der Waals surface area contributed by atoms with Gasteiger partial charge >= 0.3 is 11.9 Å². The number of rotatable bonds is 8. The molecular weight excluding hydrogens is 495 g/mol. The molecule has 0 bridgehead atoms. The SMILES string of the molecule is CCOC(=O)C1=C(OCc2ccccc2)C2N=CC(CC3C=CC(F)=CC3)=C3OC(C(=O)O)=CN(C1=O)C32. The number of carbonyl (C=O) groups excluding carboxylic acids is 2. The molecule has 3 atom stereocenters. The van der Waals surface area contributed by atoms with Crippen LogP contribution in [0.3, 0.4) is 0 Å². The van der Waals surface area contributed by atoms with Gasteiger partial charge in [0.2, 0.25) is 5.76 Å². The minimum absolute atomic E-state index is 0.0253. The molecule has 3 aliphatic heterocycles. The van der Waals surface area contributed by atoms with E-state index in [4.69, 9.17) is 14.2 Å². The predicted molar refractivity (Wildman–Crippen MR) is 133 cm³/mol. The van der Waals surface area contributed by atoms with Crippen molar-refractivity contribution >= 4 is 24.1 Å². The molecule has 0 aromatic heterocycles. The van der Waals surface area contributed by atoms with Crippen LogP contribution in [0.25, 0.3) is 0 Å². The number of nitrogens with zero attached hydrogens (tertiary/aromatic N) is 2. The summed E-state index contributed by atoms with van der Waals surface area (Å²) in [6.45, 7) is 1.71. The third kappa shape index (κ3) is 4.77. The second-order valence-corrected chi connectivity index (χ2v) is 9.05. The van der Waals surface area contributed by atoms with Crippen LogP contribution >= 0.6 is 0 Å². The summed E-state index contributed by atoms with van der Waals surface area (Å²) >= 11 is 0. The number of dihydropyridines is 1. The minimum Gasteiger partial charge on any atom is -0.490 e. The summed E-state index contributed by atoms with van der Waals surface area (Å²) in [5.74, 6) is -3.64. The van der Waals surface area contributed by atoms with E-state index in [-0.39, 0.29) is 42.0 Å². The number of esters is 1. The fourth-order valence-corrected chi connectivity index (χ4v) is 4.79. The van der Waals surface area contributed by atoms with E-state index >= 15 is 0 Å². The summed E-state index contributed by atoms with van der Waals surface area (Å²) in [6, 6.07) is 7.48. The molecule has 5 rings (SSSR count). The van der Waals surface area contributed by atoms with Crippen molar-refractivity contribution < 1.29 is 38.1 Å². The molecule has 0 saturated heterocycles. The van der Waals surface area contributed by atoms with Gasteiger partial charge in [0.25, 0.3) is 5.91 Å². The number of benzene rings is 1. The van der Waals surface area contributed by atoms with Gasteiger partial charge in [0.1, 0.15) is 36.0 Å². The Labute approximate surface area is 217 Å². The molecule has 10 heteroatoms. The Hall–Kier alpha value is -4.47. The number of carbonyl (C=O) groups is 3. The van der Waals surface area contributed by atoms with Crippen molar-refractivity contribution in [2.45, 2.75) is 38.5 Å². The third-order valence-corrected chi connectivity index (χ3v) is 6.57. The van der Waals surface area contributed by atoms with Crippen LogP contribution in [0.2, 0.25) is 0 Å². The Morgan fingerprint density at radius 3 is 2.74 bits per heavy atom. The zero-order chi connectivity index (χ0) is 26.8. The highest BCUT2D eigenvalue weighted by molar-refractivity contribution is 6.18. The van der Waals surface area contributed by atoms with Gasteiger partial charge in [0.15, 0.2) is 5.57 Å². The number of hydrogen-bond acceptors (Lipinski definition) is 7. The predicted octanol–water partition coefficient (Wildman–Crippen LogP) is 3.71. The zero-order valence-corrected chi connectivity index (χ0v) is 20.5. The average Bonchev–Trinajstić information content (AvgIpc) is 2.92. The standard InChI is InChI=1S/C28H25FN2O7/c1-2-36-28(35)21-25(37-15-17-6-4-3-5-7-17)22-23-24(38-20(27(33)34)14-31(23)26(21)32)18(13-30-22)12-16-8-10-19(29)11-9-16/h3-8,10-11,13-14,16,22-23H,2,9,12,15H2,1H3,(H,33,34). The fraction of sp³-hybridized carbons (Fsp3) is 0.286. The van der Waals surface area contributed by atoms with Gasteiger partial charge in [-0.25, -0.2) is 14.0 Å². The first-order valence-electron chi connectivity index (χ1n) is 12.2. The van der Waals surface area contributed by atoms with Crippen molar-refractivity contribution in [3.05, 3.63) is 94.6 Å². The minimum atomic E-state index is -1.38. The van der Waals surface area contributed by atoms with Crippen molar-refractivity contribution in [1.82, 2.24) is 4.90 Å². The van der Waals surface area contributed by atoms with Gasteiger partial charge < -0.3 is 19.3 Å². The molecule has 38 heavy (non-hydrogen) atoms. The molecule has 1 N–H and O–H groups in total. The Kier molecular flexibility index (Phi) is 6.95. The molecular formula is C28H25FN2O7. The zero-order valence-electron chi connectivity index (χ0n) is 20.5. The molecule has 0 saturated carbocycles. The number of aliphatic carboxylic acids is 1. The lowest BCUT2D eigenvalue weighted by atomic mass is 9.85. The van der Waals surface area contributed by atoms with Crippen LogP contribution in [0, 0.1) is 5.92 Å². The molecule has 3 heterocycles. The van der Waals surface area contributed by atoms with Crippen molar-refractivity contribution in [2.75, 3.05) is 6.61 Å². The second-order valence-electron chi connectivity index (χ2n) is 9.05. The summed E-state index contributed by atoms with van der Waals surface area (Å²) in [4.78, 5) is 44.3. The molecule has 4 aliphatic rings. The first-order valence-corrected chi connectivity index (χ1v) is 12.2. The average molecular weight is 521 g/mol. The van der Waals surface area contributed by atoms with Gasteiger partial charge in [0.05, 0.1) is 12.8 Å². The van der Waals surface area contributed by atoms with Gasteiger partial charge in [-0.15, -0.1) is 0 Å². The molecule has 1 aromatic carbocycles. The quantitative estimate of drug-likeness (QED) is 0.411. The maximum absolute atomic E-state index is 13.7. The number of carboxylic acid groups (broad SMARTS) is 1. The largest absolute Gasteiger partial charge is 0.490 e. The highest BCUT2D eigenvalue weighted by Crippen LogP contribution is 2.41. The van der Waals surface area contributed by atoms with Crippen LogP contribution in [-0.2, 0) is 35.2 Å². The normalized spacial score (nSPS) is 23.9. The summed E-state index contributed by atoms with van der Waals surface area (Å²) < 4.78 is 30.5. The fourth-order valence-electron chi connectivity index (χ4n) is 4.79.